The van der Waals surface area contributed by atoms with Gasteiger partial charge in [0.05, 0.1) is 5.69 Å². The fourth-order valence-corrected chi connectivity index (χ4v) is 3.01. The van der Waals surface area contributed by atoms with Crippen LogP contribution in [0.4, 0.5) is 10.1 Å². The van der Waals surface area contributed by atoms with Gasteiger partial charge in [-0.1, -0.05) is 6.07 Å². The van der Waals surface area contributed by atoms with E-state index in [1.165, 1.54) is 6.07 Å². The van der Waals surface area contributed by atoms with E-state index in [4.69, 9.17) is 4.74 Å². The molecule has 0 atom stereocenters. The molecule has 2 aromatic carbocycles. The summed E-state index contributed by atoms with van der Waals surface area (Å²) in [4.78, 5) is 12.3. The lowest BCUT2D eigenvalue weighted by Crippen LogP contribution is -2.12. The summed E-state index contributed by atoms with van der Waals surface area (Å²) in [6, 6.07) is 16.6. The molecule has 0 spiro atoms. The van der Waals surface area contributed by atoms with E-state index in [0.29, 0.717) is 28.7 Å². The fourth-order valence-electron chi connectivity index (χ4n) is 3.01. The average molecular weight is 417 g/mol. The molecule has 2 heterocycles. The Morgan fingerprint density at radius 2 is 1.74 bits per heavy atom. The zero-order valence-electron chi connectivity index (χ0n) is 17.3. The number of hydrogen-bond donors (Lipinski definition) is 1. The van der Waals surface area contributed by atoms with Crippen molar-refractivity contribution in [1.82, 2.24) is 20.0 Å². The van der Waals surface area contributed by atoms with Gasteiger partial charge in [-0.15, -0.1) is 10.2 Å². The van der Waals surface area contributed by atoms with E-state index >= 15 is 0 Å². The third kappa shape index (κ3) is 4.58. The lowest BCUT2D eigenvalue weighted by molar-refractivity contribution is 0.102. The Morgan fingerprint density at radius 1 is 0.968 bits per heavy atom. The Hall–Kier alpha value is -4.07. The smallest absolute Gasteiger partial charge is 0.255 e. The van der Waals surface area contributed by atoms with Crippen molar-refractivity contribution < 1.29 is 13.9 Å². The molecule has 2 aromatic heterocycles. The zero-order chi connectivity index (χ0) is 22.0. The number of carbonyl (C=O) groups excluding carboxylic acids is 1. The molecule has 0 saturated heterocycles. The van der Waals surface area contributed by atoms with Gasteiger partial charge in [0.15, 0.2) is 5.82 Å². The van der Waals surface area contributed by atoms with E-state index in [1.54, 1.807) is 60.1 Å². The van der Waals surface area contributed by atoms with Crippen LogP contribution < -0.4 is 10.1 Å². The van der Waals surface area contributed by atoms with Crippen LogP contribution in [0.3, 0.4) is 0 Å². The molecule has 0 fully saturated rings. The fraction of sp³-hybridized carbons (Fsp3) is 0.130. The Balaban J connectivity index is 1.41. The van der Waals surface area contributed by atoms with E-state index < -0.39 is 11.7 Å². The first-order valence-corrected chi connectivity index (χ1v) is 9.62. The number of amides is 1. The third-order valence-corrected chi connectivity index (χ3v) is 4.62. The van der Waals surface area contributed by atoms with Crippen LogP contribution in [0.2, 0.25) is 0 Å². The summed E-state index contributed by atoms with van der Waals surface area (Å²) in [6.07, 6.45) is 0. The molecule has 156 valence electrons. The molecule has 0 saturated carbocycles. The maximum atomic E-state index is 13.7. The minimum Gasteiger partial charge on any atom is -0.438 e. The number of rotatable bonds is 5. The van der Waals surface area contributed by atoms with Crippen LogP contribution in [0.1, 0.15) is 27.3 Å². The summed E-state index contributed by atoms with van der Waals surface area (Å²) >= 11 is 0. The number of anilines is 1. The molecule has 0 radical (unpaired) electrons. The molecule has 31 heavy (non-hydrogen) atoms. The van der Waals surface area contributed by atoms with Gasteiger partial charge in [-0.2, -0.15) is 5.10 Å². The van der Waals surface area contributed by atoms with Gasteiger partial charge < -0.3 is 10.1 Å². The Labute approximate surface area is 178 Å². The first kappa shape index (κ1) is 20.2. The molecule has 1 amide bonds. The van der Waals surface area contributed by atoms with Gasteiger partial charge in [0.1, 0.15) is 11.6 Å². The Morgan fingerprint density at radius 3 is 2.35 bits per heavy atom. The van der Waals surface area contributed by atoms with Gasteiger partial charge >= 0.3 is 0 Å². The van der Waals surface area contributed by atoms with Crippen LogP contribution in [0.5, 0.6) is 11.6 Å². The summed E-state index contributed by atoms with van der Waals surface area (Å²) < 4.78 is 21.1. The number of carbonyl (C=O) groups is 1. The molecular weight excluding hydrogens is 397 g/mol. The van der Waals surface area contributed by atoms with E-state index in [2.05, 4.69) is 20.6 Å². The van der Waals surface area contributed by atoms with Crippen LogP contribution >= 0.6 is 0 Å². The van der Waals surface area contributed by atoms with Gasteiger partial charge in [0.2, 0.25) is 5.88 Å². The quantitative estimate of drug-likeness (QED) is 0.506. The molecular formula is C23H20FN5O2. The van der Waals surface area contributed by atoms with E-state index in [1.807, 2.05) is 19.9 Å². The van der Waals surface area contributed by atoms with Crippen molar-refractivity contribution in [1.29, 1.82) is 0 Å². The van der Waals surface area contributed by atoms with Crippen LogP contribution in [-0.4, -0.2) is 25.9 Å². The molecule has 1 N–H and O–H groups in total. The van der Waals surface area contributed by atoms with E-state index in [0.717, 1.165) is 11.4 Å². The van der Waals surface area contributed by atoms with Crippen molar-refractivity contribution in [2.24, 2.45) is 0 Å². The van der Waals surface area contributed by atoms with Gasteiger partial charge in [-0.3, -0.25) is 4.79 Å². The van der Waals surface area contributed by atoms with Crippen LogP contribution in [0.15, 0.2) is 60.7 Å². The number of nitrogens with one attached hydrogen (secondary N) is 1. The van der Waals surface area contributed by atoms with Crippen molar-refractivity contribution >= 4 is 11.6 Å². The molecule has 0 aliphatic rings. The van der Waals surface area contributed by atoms with Crippen molar-refractivity contribution in [3.05, 3.63) is 89.0 Å². The standard InChI is InChI=1S/C23H20FN5O2/c1-14-4-5-17(13-20(14)24)23(30)25-18-6-8-19(9-7-18)31-22-11-10-21(26-27-22)29-16(3)12-15(2)28-29/h4-13H,1-3H3,(H,25,30). The largest absolute Gasteiger partial charge is 0.438 e. The van der Waals surface area contributed by atoms with Gasteiger partial charge in [-0.05, 0) is 74.9 Å². The number of ether oxygens (including phenoxy) is 1. The highest BCUT2D eigenvalue weighted by atomic mass is 19.1. The second-order valence-electron chi connectivity index (χ2n) is 7.11. The molecule has 7 nitrogen and oxygen atoms in total. The number of aryl methyl sites for hydroxylation is 3. The number of aromatic nitrogens is 4. The minimum absolute atomic E-state index is 0.251. The normalized spacial score (nSPS) is 10.7. The zero-order valence-corrected chi connectivity index (χ0v) is 17.3. The number of hydrogen-bond acceptors (Lipinski definition) is 5. The molecule has 0 aliphatic carbocycles. The molecule has 0 bridgehead atoms. The van der Waals surface area contributed by atoms with Crippen molar-refractivity contribution in [3.8, 4) is 17.4 Å². The second kappa shape index (κ2) is 8.35. The predicted molar refractivity (Wildman–Crippen MR) is 114 cm³/mol. The molecule has 4 aromatic rings. The van der Waals surface area contributed by atoms with E-state index in [9.17, 15) is 9.18 Å². The summed E-state index contributed by atoms with van der Waals surface area (Å²) in [5.74, 6) is 0.660. The monoisotopic (exact) mass is 417 g/mol. The van der Waals surface area contributed by atoms with Crippen molar-refractivity contribution in [3.63, 3.8) is 0 Å². The lowest BCUT2D eigenvalue weighted by Gasteiger charge is -2.08. The second-order valence-corrected chi connectivity index (χ2v) is 7.11. The molecule has 0 aliphatic heterocycles. The highest BCUT2D eigenvalue weighted by molar-refractivity contribution is 6.04. The maximum Gasteiger partial charge on any atom is 0.255 e. The maximum absolute atomic E-state index is 13.7. The minimum atomic E-state index is -0.415. The molecule has 8 heteroatoms. The first-order chi connectivity index (χ1) is 14.9. The van der Waals surface area contributed by atoms with Crippen molar-refractivity contribution in [2.75, 3.05) is 5.32 Å². The average Bonchev–Trinajstić information content (AvgIpc) is 3.10. The topological polar surface area (TPSA) is 81.9 Å². The van der Waals surface area contributed by atoms with Gasteiger partial charge in [-0.25, -0.2) is 9.07 Å². The summed E-state index contributed by atoms with van der Waals surface area (Å²) in [5.41, 5.74) is 3.17. The predicted octanol–water partition coefficient (Wildman–Crippen LogP) is 4.77. The Bertz CT molecular complexity index is 1230. The van der Waals surface area contributed by atoms with Crippen LogP contribution in [-0.2, 0) is 0 Å². The summed E-state index contributed by atoms with van der Waals surface area (Å²) in [5, 5.41) is 15.4. The van der Waals surface area contributed by atoms with Gasteiger partial charge in [0, 0.05) is 23.0 Å². The number of nitrogens with zero attached hydrogens (tertiary/aromatic N) is 4. The highest BCUT2D eigenvalue weighted by Crippen LogP contribution is 2.22. The molecule has 0 unspecified atom stereocenters. The summed E-state index contributed by atoms with van der Waals surface area (Å²) in [6.45, 7) is 5.51. The Kier molecular flexibility index (Phi) is 5.44. The third-order valence-electron chi connectivity index (χ3n) is 4.62. The first-order valence-electron chi connectivity index (χ1n) is 9.62. The number of benzene rings is 2. The van der Waals surface area contributed by atoms with Gasteiger partial charge in [0.25, 0.3) is 5.91 Å². The summed E-state index contributed by atoms with van der Waals surface area (Å²) in [7, 11) is 0. The lowest BCUT2D eigenvalue weighted by atomic mass is 10.1. The highest BCUT2D eigenvalue weighted by Gasteiger charge is 2.10. The molecule has 4 rings (SSSR count). The van der Waals surface area contributed by atoms with Crippen LogP contribution in [0, 0.1) is 26.6 Å². The number of halogens is 1. The SMILES string of the molecule is Cc1cc(C)n(-c2ccc(Oc3ccc(NC(=O)c4ccc(C)c(F)c4)cc3)nn2)n1. The van der Waals surface area contributed by atoms with E-state index in [-0.39, 0.29) is 5.56 Å². The van der Waals surface area contributed by atoms with Crippen molar-refractivity contribution in [2.45, 2.75) is 20.8 Å². The van der Waals surface area contributed by atoms with Crippen LogP contribution in [0.25, 0.3) is 5.82 Å².